The van der Waals surface area contributed by atoms with Crippen LogP contribution in [0.4, 0.5) is 5.69 Å². The van der Waals surface area contributed by atoms with E-state index in [1.165, 1.54) is 6.20 Å². The fourth-order valence-electron chi connectivity index (χ4n) is 4.58. The van der Waals surface area contributed by atoms with Gasteiger partial charge in [0, 0.05) is 35.9 Å². The van der Waals surface area contributed by atoms with Crippen LogP contribution < -0.4 is 10.1 Å². The molecule has 0 aliphatic heterocycles. The number of hydrogen-bond acceptors (Lipinski definition) is 6. The summed E-state index contributed by atoms with van der Waals surface area (Å²) < 4.78 is 12.3. The van der Waals surface area contributed by atoms with Crippen LogP contribution >= 0.6 is 0 Å². The van der Waals surface area contributed by atoms with Gasteiger partial charge in [0.2, 0.25) is 0 Å². The van der Waals surface area contributed by atoms with Crippen molar-refractivity contribution in [3.63, 3.8) is 0 Å². The lowest BCUT2D eigenvalue weighted by Gasteiger charge is -2.21. The predicted octanol–water partition coefficient (Wildman–Crippen LogP) is 4.69. The zero-order chi connectivity index (χ0) is 27.9. The van der Waals surface area contributed by atoms with Gasteiger partial charge in [0.15, 0.2) is 0 Å². The Hall–Kier alpha value is -4.14. The first-order chi connectivity index (χ1) is 18.9. The molecule has 4 rings (SSSR count). The average Bonchev–Trinajstić information content (AvgIpc) is 3.68. The largest absolute Gasteiger partial charge is 0.493 e. The van der Waals surface area contributed by atoms with Gasteiger partial charge in [-0.05, 0) is 69.4 Å². The summed E-state index contributed by atoms with van der Waals surface area (Å²) in [6.45, 7) is 7.15. The Kier molecular flexibility index (Phi) is 9.01. The molecule has 0 radical (unpaired) electrons. The quantitative estimate of drug-likeness (QED) is 0.194. The minimum atomic E-state index is -0.637. The highest BCUT2D eigenvalue weighted by Crippen LogP contribution is 2.31. The van der Waals surface area contributed by atoms with Crippen LogP contribution in [0.2, 0.25) is 0 Å². The van der Waals surface area contributed by atoms with Gasteiger partial charge in [-0.15, -0.1) is 0 Å². The first kappa shape index (κ1) is 27.9. The third-order valence-electron chi connectivity index (χ3n) is 6.57. The van der Waals surface area contributed by atoms with Gasteiger partial charge in [-0.3, -0.25) is 19.2 Å². The molecule has 1 saturated carbocycles. The molecule has 1 aromatic heterocycles. The maximum Gasteiger partial charge on any atom is 0.325 e. The molecule has 1 N–H and O–H groups in total. The van der Waals surface area contributed by atoms with E-state index < -0.39 is 17.7 Å². The predicted molar refractivity (Wildman–Crippen MR) is 148 cm³/mol. The van der Waals surface area contributed by atoms with E-state index in [1.807, 2.05) is 13.8 Å². The number of ketones is 1. The molecule has 1 heterocycles. The summed E-state index contributed by atoms with van der Waals surface area (Å²) >= 11 is 0. The summed E-state index contributed by atoms with van der Waals surface area (Å²) in [4.78, 5) is 53.8. The fourth-order valence-corrected chi connectivity index (χ4v) is 4.58. The zero-order valence-electron chi connectivity index (χ0n) is 22.7. The lowest BCUT2D eigenvalue weighted by molar-refractivity contribution is -0.143. The molecule has 3 aromatic rings. The summed E-state index contributed by atoms with van der Waals surface area (Å²) in [5.41, 5.74) is 1.58. The summed E-state index contributed by atoms with van der Waals surface area (Å²) in [6, 6.07) is 12.0. The highest BCUT2D eigenvalue weighted by Gasteiger charge is 2.31. The van der Waals surface area contributed by atoms with Crippen molar-refractivity contribution in [3.8, 4) is 5.75 Å². The third-order valence-corrected chi connectivity index (χ3v) is 6.57. The van der Waals surface area contributed by atoms with Crippen molar-refractivity contribution < 1.29 is 28.7 Å². The van der Waals surface area contributed by atoms with Crippen LogP contribution in [0, 0.1) is 5.92 Å². The Balaban J connectivity index is 1.68. The first-order valence-electron chi connectivity index (χ1n) is 13.5. The number of hydrogen-bond donors (Lipinski definition) is 1. The fraction of sp³-hybridized carbons (Fsp3) is 0.400. The molecule has 9 nitrogen and oxygen atoms in total. The molecule has 0 saturated heterocycles. The molecular weight excluding hydrogens is 498 g/mol. The lowest BCUT2D eigenvalue weighted by atomic mass is 10.1. The Morgan fingerprint density at radius 2 is 1.77 bits per heavy atom. The van der Waals surface area contributed by atoms with Crippen molar-refractivity contribution in [3.05, 3.63) is 59.8 Å². The van der Waals surface area contributed by atoms with Crippen molar-refractivity contribution in [1.82, 2.24) is 9.47 Å². The van der Waals surface area contributed by atoms with Gasteiger partial charge in [0.05, 0.1) is 24.3 Å². The minimum absolute atomic E-state index is 0.111. The van der Waals surface area contributed by atoms with Crippen LogP contribution in [0.3, 0.4) is 0 Å². The number of fused-ring (bicyclic) bond motifs is 1. The minimum Gasteiger partial charge on any atom is -0.493 e. The van der Waals surface area contributed by atoms with Crippen molar-refractivity contribution in [1.29, 1.82) is 0 Å². The number of carbonyl (C=O) groups is 4. The van der Waals surface area contributed by atoms with E-state index >= 15 is 0 Å². The number of esters is 1. The van der Waals surface area contributed by atoms with Crippen molar-refractivity contribution in [2.45, 2.75) is 46.6 Å². The second kappa shape index (κ2) is 12.6. The van der Waals surface area contributed by atoms with Crippen LogP contribution in [-0.2, 0) is 20.9 Å². The summed E-state index contributed by atoms with van der Waals surface area (Å²) in [7, 11) is 0. The van der Waals surface area contributed by atoms with Crippen LogP contribution in [-0.4, -0.2) is 59.3 Å². The molecule has 2 amide bonds. The maximum absolute atomic E-state index is 13.5. The monoisotopic (exact) mass is 533 g/mol. The Morgan fingerprint density at radius 1 is 1.00 bits per heavy atom. The Bertz CT molecular complexity index is 1370. The van der Waals surface area contributed by atoms with Crippen molar-refractivity contribution in [2.24, 2.45) is 5.92 Å². The van der Waals surface area contributed by atoms with Gasteiger partial charge in [0.1, 0.15) is 12.3 Å². The van der Waals surface area contributed by atoms with Gasteiger partial charge in [-0.2, -0.15) is 0 Å². The number of aromatic nitrogens is 1. The average molecular weight is 534 g/mol. The molecular formula is C30H35N3O6. The van der Waals surface area contributed by atoms with Crippen LogP contribution in [0.1, 0.15) is 60.7 Å². The second-order valence-corrected chi connectivity index (χ2v) is 9.61. The van der Waals surface area contributed by atoms with E-state index in [9.17, 15) is 19.2 Å². The van der Waals surface area contributed by atoms with Crippen molar-refractivity contribution >= 4 is 40.2 Å². The van der Waals surface area contributed by atoms with Gasteiger partial charge < -0.3 is 24.3 Å². The highest BCUT2D eigenvalue weighted by atomic mass is 16.5. The van der Waals surface area contributed by atoms with E-state index in [-0.39, 0.29) is 24.6 Å². The molecule has 2 aromatic carbocycles. The SMILES string of the molecule is CCCN(CC1CC1)C(=O)C(=O)c1cn(CC(=O)OCC)c2ccc(NC(=O)c3ccccc3OCC)cc12. The maximum atomic E-state index is 13.5. The molecule has 39 heavy (non-hydrogen) atoms. The summed E-state index contributed by atoms with van der Waals surface area (Å²) in [5, 5.41) is 3.33. The number of para-hydroxylation sites is 1. The van der Waals surface area contributed by atoms with Gasteiger partial charge in [-0.1, -0.05) is 19.1 Å². The smallest absolute Gasteiger partial charge is 0.325 e. The standard InChI is InChI=1S/C30H35N3O6/c1-4-15-32(17-20-11-12-20)30(37)28(35)24-18-33(19-27(34)39-6-3)25-14-13-21(16-23(24)25)31-29(36)22-9-7-8-10-26(22)38-5-2/h7-10,13-14,16,18,20H,4-6,11-12,15,17,19H2,1-3H3,(H,31,36). The molecule has 0 bridgehead atoms. The van der Waals surface area contributed by atoms with Crippen molar-refractivity contribution in [2.75, 3.05) is 31.6 Å². The number of Topliss-reactive ketones (excluding diaryl/α,β-unsaturated/α-hetero) is 1. The Labute approximate surface area is 228 Å². The number of amides is 2. The molecule has 1 fully saturated rings. The number of carbonyl (C=O) groups excluding carboxylic acids is 4. The van der Waals surface area contributed by atoms with Gasteiger partial charge in [0.25, 0.3) is 17.6 Å². The molecule has 1 aliphatic rings. The highest BCUT2D eigenvalue weighted by molar-refractivity contribution is 6.45. The number of nitrogens with zero attached hydrogens (tertiary/aromatic N) is 2. The van der Waals surface area contributed by atoms with E-state index in [4.69, 9.17) is 9.47 Å². The van der Waals surface area contributed by atoms with Crippen LogP contribution in [0.15, 0.2) is 48.7 Å². The molecule has 206 valence electrons. The molecule has 1 aliphatic carbocycles. The number of anilines is 1. The Morgan fingerprint density at radius 3 is 2.46 bits per heavy atom. The number of rotatable bonds is 13. The van der Waals surface area contributed by atoms with Gasteiger partial charge in [-0.25, -0.2) is 0 Å². The van der Waals surface area contributed by atoms with Crippen LogP contribution in [0.25, 0.3) is 10.9 Å². The zero-order valence-corrected chi connectivity index (χ0v) is 22.7. The number of benzene rings is 2. The summed E-state index contributed by atoms with van der Waals surface area (Å²) in [5.74, 6) is -1.11. The van der Waals surface area contributed by atoms with E-state index in [0.29, 0.717) is 53.5 Å². The second-order valence-electron chi connectivity index (χ2n) is 9.61. The van der Waals surface area contributed by atoms with Gasteiger partial charge >= 0.3 is 5.97 Å². The number of nitrogens with one attached hydrogen (secondary N) is 1. The van der Waals surface area contributed by atoms with E-state index in [2.05, 4.69) is 5.32 Å². The van der Waals surface area contributed by atoms with E-state index in [1.54, 1.807) is 58.9 Å². The normalized spacial score (nSPS) is 12.7. The molecule has 0 spiro atoms. The molecule has 0 atom stereocenters. The lowest BCUT2D eigenvalue weighted by Crippen LogP contribution is -2.38. The topological polar surface area (TPSA) is 107 Å². The molecule has 0 unspecified atom stereocenters. The van der Waals surface area contributed by atoms with E-state index in [0.717, 1.165) is 19.3 Å². The molecule has 9 heteroatoms. The summed E-state index contributed by atoms with van der Waals surface area (Å²) in [6.07, 6.45) is 4.40. The first-order valence-corrected chi connectivity index (χ1v) is 13.5. The third kappa shape index (κ3) is 6.66. The number of ether oxygens (including phenoxy) is 2. The van der Waals surface area contributed by atoms with Crippen LogP contribution in [0.5, 0.6) is 5.75 Å².